The van der Waals surface area contributed by atoms with Crippen LogP contribution in [0.1, 0.15) is 0 Å². The van der Waals surface area contributed by atoms with Gasteiger partial charge in [0, 0.05) is 6.07 Å². The highest BCUT2D eigenvalue weighted by Crippen LogP contribution is 2.29. The van der Waals surface area contributed by atoms with Crippen molar-refractivity contribution in [1.29, 1.82) is 0 Å². The lowest BCUT2D eigenvalue weighted by Gasteiger charge is -2.16. The van der Waals surface area contributed by atoms with Crippen molar-refractivity contribution in [3.8, 4) is 5.75 Å². The molecular formula is C8H7NO4S. The van der Waals surface area contributed by atoms with Crippen LogP contribution < -0.4 is 5.32 Å². The van der Waals surface area contributed by atoms with Crippen LogP contribution in [-0.2, 0) is 14.6 Å². The Labute approximate surface area is 80.3 Å². The van der Waals surface area contributed by atoms with Crippen molar-refractivity contribution in [3.05, 3.63) is 18.2 Å². The number of sulfone groups is 1. The fourth-order valence-corrected chi connectivity index (χ4v) is 2.45. The summed E-state index contributed by atoms with van der Waals surface area (Å²) in [6, 6.07) is 3.72. The van der Waals surface area contributed by atoms with E-state index in [9.17, 15) is 13.2 Å². The van der Waals surface area contributed by atoms with E-state index in [4.69, 9.17) is 5.11 Å². The van der Waals surface area contributed by atoms with Crippen LogP contribution in [0.25, 0.3) is 0 Å². The molecule has 1 aromatic rings. The van der Waals surface area contributed by atoms with E-state index in [1.165, 1.54) is 18.2 Å². The summed E-state index contributed by atoms with van der Waals surface area (Å²) in [4.78, 5) is 11.0. The number of rotatable bonds is 0. The Morgan fingerprint density at radius 2 is 2.07 bits per heavy atom. The van der Waals surface area contributed by atoms with Crippen LogP contribution in [-0.4, -0.2) is 25.2 Å². The molecular weight excluding hydrogens is 206 g/mol. The lowest BCUT2D eigenvalue weighted by molar-refractivity contribution is -0.110. The van der Waals surface area contributed by atoms with Crippen LogP contribution in [0.3, 0.4) is 0 Å². The van der Waals surface area contributed by atoms with Crippen molar-refractivity contribution in [3.63, 3.8) is 0 Å². The molecule has 0 saturated heterocycles. The molecule has 74 valence electrons. The number of phenols is 1. The van der Waals surface area contributed by atoms with E-state index >= 15 is 0 Å². The summed E-state index contributed by atoms with van der Waals surface area (Å²) >= 11 is 0. The van der Waals surface area contributed by atoms with Crippen LogP contribution in [0.4, 0.5) is 5.69 Å². The second kappa shape index (κ2) is 2.71. The molecule has 0 fully saturated rings. The van der Waals surface area contributed by atoms with E-state index in [1.54, 1.807) is 0 Å². The molecule has 1 heterocycles. The number of nitrogens with one attached hydrogen (secondary N) is 1. The fraction of sp³-hybridized carbons (Fsp3) is 0.125. The number of fused-ring (bicyclic) bond motifs is 1. The summed E-state index contributed by atoms with van der Waals surface area (Å²) in [5, 5.41) is 10.9. The van der Waals surface area contributed by atoms with Gasteiger partial charge in [-0.05, 0) is 12.1 Å². The van der Waals surface area contributed by atoms with Crippen LogP contribution >= 0.6 is 0 Å². The SMILES string of the molecule is O=C1CNc2cc(O)ccc2S1(=O)=O. The first kappa shape index (κ1) is 9.01. The molecule has 14 heavy (non-hydrogen) atoms. The molecule has 0 amide bonds. The normalized spacial score (nSPS) is 18.4. The van der Waals surface area contributed by atoms with Crippen molar-refractivity contribution in [2.24, 2.45) is 0 Å². The molecule has 2 rings (SSSR count). The van der Waals surface area contributed by atoms with E-state index in [0.717, 1.165) is 0 Å². The number of aromatic hydroxyl groups is 1. The molecule has 2 N–H and O–H groups in total. The standard InChI is InChI=1S/C8H7NO4S/c10-5-1-2-7-6(3-5)9-4-8(11)14(7,12)13/h1-3,9-10H,4H2. The minimum Gasteiger partial charge on any atom is -0.508 e. The molecule has 0 bridgehead atoms. The number of benzene rings is 1. The number of hydrogen-bond acceptors (Lipinski definition) is 5. The molecule has 1 aliphatic rings. The van der Waals surface area contributed by atoms with Gasteiger partial charge >= 0.3 is 0 Å². The van der Waals surface area contributed by atoms with Gasteiger partial charge in [0.15, 0.2) is 0 Å². The van der Waals surface area contributed by atoms with Crippen molar-refractivity contribution in [2.45, 2.75) is 4.90 Å². The van der Waals surface area contributed by atoms with Crippen molar-refractivity contribution < 1.29 is 18.3 Å². The molecule has 0 atom stereocenters. The summed E-state index contributed by atoms with van der Waals surface area (Å²) in [6.07, 6.45) is 0. The van der Waals surface area contributed by atoms with Gasteiger partial charge in [-0.25, -0.2) is 8.42 Å². The second-order valence-corrected chi connectivity index (χ2v) is 4.81. The molecule has 0 radical (unpaired) electrons. The Balaban J connectivity index is 2.71. The molecule has 0 aliphatic carbocycles. The van der Waals surface area contributed by atoms with Gasteiger partial charge in [0.25, 0.3) is 5.12 Å². The van der Waals surface area contributed by atoms with Crippen molar-refractivity contribution in [1.82, 2.24) is 0 Å². The molecule has 5 nitrogen and oxygen atoms in total. The Bertz CT molecular complexity index is 506. The first-order chi connectivity index (χ1) is 6.51. The van der Waals surface area contributed by atoms with E-state index in [0.29, 0.717) is 0 Å². The predicted molar refractivity (Wildman–Crippen MR) is 48.8 cm³/mol. The lowest BCUT2D eigenvalue weighted by atomic mass is 10.3. The van der Waals surface area contributed by atoms with Crippen LogP contribution in [0, 0.1) is 0 Å². The minimum atomic E-state index is -3.85. The van der Waals surface area contributed by atoms with Gasteiger partial charge in [-0.2, -0.15) is 0 Å². The number of phenolic OH excluding ortho intramolecular Hbond substituents is 1. The zero-order valence-corrected chi connectivity index (χ0v) is 7.84. The predicted octanol–water partition coefficient (Wildman–Crippen LogP) is 0.118. The van der Waals surface area contributed by atoms with Gasteiger partial charge in [-0.1, -0.05) is 0 Å². The zero-order valence-electron chi connectivity index (χ0n) is 7.02. The smallest absolute Gasteiger partial charge is 0.270 e. The van der Waals surface area contributed by atoms with E-state index < -0.39 is 15.0 Å². The molecule has 1 aliphatic heterocycles. The number of hydrogen-bond donors (Lipinski definition) is 2. The van der Waals surface area contributed by atoms with Crippen molar-refractivity contribution >= 4 is 20.6 Å². The summed E-state index contributed by atoms with van der Waals surface area (Å²) in [7, 11) is -3.85. The summed E-state index contributed by atoms with van der Waals surface area (Å²) in [5.41, 5.74) is 0.268. The largest absolute Gasteiger partial charge is 0.508 e. The zero-order chi connectivity index (χ0) is 10.3. The Kier molecular flexibility index (Phi) is 1.75. The van der Waals surface area contributed by atoms with Gasteiger partial charge in [0.05, 0.1) is 17.1 Å². The molecule has 6 heteroatoms. The minimum absolute atomic E-state index is 0.0409. The first-order valence-electron chi connectivity index (χ1n) is 3.86. The van der Waals surface area contributed by atoms with Gasteiger partial charge in [-0.3, -0.25) is 4.79 Å². The number of anilines is 1. The van der Waals surface area contributed by atoms with Gasteiger partial charge < -0.3 is 10.4 Å². The van der Waals surface area contributed by atoms with Crippen molar-refractivity contribution in [2.75, 3.05) is 11.9 Å². The fourth-order valence-electron chi connectivity index (χ4n) is 1.28. The van der Waals surface area contributed by atoms with Crippen LogP contribution in [0.2, 0.25) is 0 Å². The van der Waals surface area contributed by atoms with Gasteiger partial charge in [0.1, 0.15) is 5.75 Å². The topological polar surface area (TPSA) is 83.5 Å². The highest BCUT2D eigenvalue weighted by molar-refractivity contribution is 8.06. The number of carbonyl (C=O) groups excluding carboxylic acids is 1. The first-order valence-corrected chi connectivity index (χ1v) is 5.35. The maximum atomic E-state index is 11.4. The van der Waals surface area contributed by atoms with E-state index in [1.807, 2.05) is 0 Å². The third-order valence-electron chi connectivity index (χ3n) is 1.98. The summed E-state index contributed by atoms with van der Waals surface area (Å²) in [5.74, 6) is -0.0409. The maximum Gasteiger partial charge on any atom is 0.270 e. The average Bonchev–Trinajstić information content (AvgIpc) is 2.12. The highest BCUT2D eigenvalue weighted by Gasteiger charge is 2.31. The Hall–Kier alpha value is -1.56. The monoisotopic (exact) mass is 213 g/mol. The highest BCUT2D eigenvalue weighted by atomic mass is 32.2. The second-order valence-electron chi connectivity index (χ2n) is 2.91. The Morgan fingerprint density at radius 1 is 1.36 bits per heavy atom. The van der Waals surface area contributed by atoms with Gasteiger partial charge in [-0.15, -0.1) is 0 Å². The molecule has 0 unspecified atom stereocenters. The lowest BCUT2D eigenvalue weighted by Crippen LogP contribution is -2.29. The molecule has 1 aromatic carbocycles. The third-order valence-corrected chi connectivity index (χ3v) is 3.65. The third kappa shape index (κ3) is 1.15. The summed E-state index contributed by atoms with van der Waals surface area (Å²) in [6.45, 7) is -0.251. The van der Waals surface area contributed by atoms with Crippen LogP contribution in [0.15, 0.2) is 23.1 Å². The van der Waals surface area contributed by atoms with Gasteiger partial charge in [0.2, 0.25) is 9.84 Å². The Morgan fingerprint density at radius 3 is 2.79 bits per heavy atom. The average molecular weight is 213 g/mol. The quantitative estimate of drug-likeness (QED) is 0.639. The number of carbonyl (C=O) groups is 1. The van der Waals surface area contributed by atoms with E-state index in [2.05, 4.69) is 5.32 Å². The molecule has 0 aromatic heterocycles. The maximum absolute atomic E-state index is 11.4. The molecule has 0 saturated carbocycles. The van der Waals surface area contributed by atoms with Crippen LogP contribution in [0.5, 0.6) is 5.75 Å². The molecule has 0 spiro atoms. The summed E-state index contributed by atoms with van der Waals surface area (Å²) < 4.78 is 22.9. The van der Waals surface area contributed by atoms with E-state index in [-0.39, 0.29) is 22.9 Å².